The van der Waals surface area contributed by atoms with E-state index in [4.69, 9.17) is 9.47 Å². The van der Waals surface area contributed by atoms with E-state index in [-0.39, 0.29) is 18.1 Å². The molecule has 0 saturated carbocycles. The fourth-order valence-electron chi connectivity index (χ4n) is 3.08. The molecule has 0 aliphatic carbocycles. The molecule has 0 saturated heterocycles. The van der Waals surface area contributed by atoms with Crippen LogP contribution >= 0.6 is 0 Å². The van der Waals surface area contributed by atoms with E-state index in [1.54, 1.807) is 48.5 Å². The van der Waals surface area contributed by atoms with Crippen LogP contribution in [0.1, 0.15) is 18.1 Å². The summed E-state index contributed by atoms with van der Waals surface area (Å²) >= 11 is 0. The quantitative estimate of drug-likeness (QED) is 0.351. The molecule has 0 unspecified atom stereocenters. The van der Waals surface area contributed by atoms with Crippen molar-refractivity contribution in [3.63, 3.8) is 0 Å². The van der Waals surface area contributed by atoms with Crippen molar-refractivity contribution in [2.45, 2.75) is 13.8 Å². The SMILES string of the molecule is CCOc1ccc(NC(=O)/C(C#N)=C/c2ccccc2OCC(=O)Nc2ccccc2C)cc1. The van der Waals surface area contributed by atoms with Crippen LogP contribution in [-0.4, -0.2) is 25.0 Å². The van der Waals surface area contributed by atoms with Crippen LogP contribution in [0.5, 0.6) is 11.5 Å². The number of nitrogens with one attached hydrogen (secondary N) is 2. The second-order valence-electron chi connectivity index (χ2n) is 7.27. The van der Waals surface area contributed by atoms with Gasteiger partial charge in [-0.2, -0.15) is 5.26 Å². The third-order valence-corrected chi connectivity index (χ3v) is 4.79. The Hall–Kier alpha value is -4.57. The molecular weight excluding hydrogens is 430 g/mol. The Morgan fingerprint density at radius 3 is 2.35 bits per heavy atom. The molecule has 0 radical (unpaired) electrons. The Balaban J connectivity index is 1.68. The summed E-state index contributed by atoms with van der Waals surface area (Å²) in [4.78, 5) is 25.0. The molecule has 0 aliphatic rings. The number of amides is 2. The number of carbonyl (C=O) groups excluding carboxylic acids is 2. The molecule has 3 rings (SSSR count). The van der Waals surface area contributed by atoms with E-state index in [1.807, 2.05) is 44.2 Å². The van der Waals surface area contributed by atoms with E-state index in [2.05, 4.69) is 10.6 Å². The van der Waals surface area contributed by atoms with E-state index in [1.165, 1.54) is 6.08 Å². The Kier molecular flexibility index (Phi) is 8.42. The monoisotopic (exact) mass is 455 g/mol. The maximum absolute atomic E-state index is 12.6. The average molecular weight is 456 g/mol. The van der Waals surface area contributed by atoms with Gasteiger partial charge in [-0.1, -0.05) is 36.4 Å². The highest BCUT2D eigenvalue weighted by molar-refractivity contribution is 6.09. The first-order valence-corrected chi connectivity index (χ1v) is 10.7. The van der Waals surface area contributed by atoms with Gasteiger partial charge >= 0.3 is 0 Å². The largest absolute Gasteiger partial charge is 0.494 e. The van der Waals surface area contributed by atoms with Crippen LogP contribution in [0, 0.1) is 18.3 Å². The minimum Gasteiger partial charge on any atom is -0.494 e. The van der Waals surface area contributed by atoms with Crippen LogP contribution in [0.25, 0.3) is 6.08 Å². The van der Waals surface area contributed by atoms with Gasteiger partial charge in [-0.3, -0.25) is 9.59 Å². The molecular formula is C27H25N3O4. The van der Waals surface area contributed by atoms with Gasteiger partial charge in [0.2, 0.25) is 0 Å². The number of carbonyl (C=O) groups is 2. The zero-order valence-corrected chi connectivity index (χ0v) is 19.0. The zero-order valence-electron chi connectivity index (χ0n) is 19.0. The van der Waals surface area contributed by atoms with Gasteiger partial charge in [0, 0.05) is 16.9 Å². The van der Waals surface area contributed by atoms with Crippen molar-refractivity contribution >= 4 is 29.3 Å². The summed E-state index contributed by atoms with van der Waals surface area (Å²) in [5, 5.41) is 15.0. The van der Waals surface area contributed by atoms with Gasteiger partial charge in [-0.05, 0) is 61.9 Å². The normalized spacial score (nSPS) is 10.7. The van der Waals surface area contributed by atoms with E-state index in [9.17, 15) is 14.9 Å². The molecule has 172 valence electrons. The van der Waals surface area contributed by atoms with E-state index in [0.29, 0.717) is 35.0 Å². The van der Waals surface area contributed by atoms with Gasteiger partial charge in [-0.25, -0.2) is 0 Å². The first-order valence-electron chi connectivity index (χ1n) is 10.7. The Labute approximate surface area is 198 Å². The molecule has 0 aromatic heterocycles. The fourth-order valence-corrected chi connectivity index (χ4v) is 3.08. The van der Waals surface area contributed by atoms with Crippen LogP contribution in [-0.2, 0) is 9.59 Å². The second-order valence-corrected chi connectivity index (χ2v) is 7.27. The number of ether oxygens (including phenoxy) is 2. The van der Waals surface area contributed by atoms with Crippen molar-refractivity contribution in [1.82, 2.24) is 0 Å². The third-order valence-electron chi connectivity index (χ3n) is 4.79. The highest BCUT2D eigenvalue weighted by Crippen LogP contribution is 2.22. The molecule has 0 atom stereocenters. The highest BCUT2D eigenvalue weighted by atomic mass is 16.5. The average Bonchev–Trinajstić information content (AvgIpc) is 2.84. The maximum atomic E-state index is 12.6. The minimum atomic E-state index is -0.557. The molecule has 7 heteroatoms. The lowest BCUT2D eigenvalue weighted by atomic mass is 10.1. The fraction of sp³-hybridized carbons (Fsp3) is 0.148. The number of rotatable bonds is 9. The van der Waals surface area contributed by atoms with Crippen molar-refractivity contribution < 1.29 is 19.1 Å². The Morgan fingerprint density at radius 1 is 0.941 bits per heavy atom. The molecule has 34 heavy (non-hydrogen) atoms. The van der Waals surface area contributed by atoms with E-state index < -0.39 is 5.91 Å². The number of nitrogens with zero attached hydrogens (tertiary/aromatic N) is 1. The number of aryl methyl sites for hydroxylation is 1. The molecule has 0 heterocycles. The number of para-hydroxylation sites is 2. The number of benzene rings is 3. The van der Waals surface area contributed by atoms with Crippen LogP contribution in [0.3, 0.4) is 0 Å². The van der Waals surface area contributed by atoms with Crippen molar-refractivity contribution in [1.29, 1.82) is 5.26 Å². The van der Waals surface area contributed by atoms with Crippen molar-refractivity contribution in [2.75, 3.05) is 23.8 Å². The van der Waals surface area contributed by atoms with Gasteiger partial charge in [-0.15, -0.1) is 0 Å². The van der Waals surface area contributed by atoms with Gasteiger partial charge in [0.1, 0.15) is 23.1 Å². The van der Waals surface area contributed by atoms with Crippen molar-refractivity contribution in [3.8, 4) is 17.6 Å². The zero-order chi connectivity index (χ0) is 24.3. The summed E-state index contributed by atoms with van der Waals surface area (Å²) in [5.74, 6) is 0.193. The standard InChI is InChI=1S/C27H25N3O4/c1-3-33-23-14-12-22(13-15-23)29-27(32)21(17-28)16-20-9-5-7-11-25(20)34-18-26(31)30-24-10-6-4-8-19(24)2/h4-16H,3,18H2,1-2H3,(H,29,32)(H,30,31)/b21-16+. The number of nitriles is 1. The summed E-state index contributed by atoms with van der Waals surface area (Å²) in [6.45, 7) is 4.11. The smallest absolute Gasteiger partial charge is 0.266 e. The predicted octanol–water partition coefficient (Wildman–Crippen LogP) is 4.96. The lowest BCUT2D eigenvalue weighted by Crippen LogP contribution is -2.20. The Morgan fingerprint density at radius 2 is 1.65 bits per heavy atom. The summed E-state index contributed by atoms with van der Waals surface area (Å²) in [5.41, 5.74) is 2.59. The summed E-state index contributed by atoms with van der Waals surface area (Å²) in [6, 6.07) is 23.1. The maximum Gasteiger partial charge on any atom is 0.266 e. The third kappa shape index (κ3) is 6.71. The molecule has 3 aromatic carbocycles. The van der Waals surface area contributed by atoms with E-state index >= 15 is 0 Å². The molecule has 7 nitrogen and oxygen atoms in total. The Bertz CT molecular complexity index is 1230. The van der Waals surface area contributed by atoms with Crippen LogP contribution < -0.4 is 20.1 Å². The predicted molar refractivity (Wildman–Crippen MR) is 132 cm³/mol. The van der Waals surface area contributed by atoms with Gasteiger partial charge in [0.05, 0.1) is 6.61 Å². The second kappa shape index (κ2) is 11.9. The molecule has 0 spiro atoms. The topological polar surface area (TPSA) is 100 Å². The van der Waals surface area contributed by atoms with Crippen LogP contribution in [0.4, 0.5) is 11.4 Å². The van der Waals surface area contributed by atoms with Gasteiger partial charge < -0.3 is 20.1 Å². The molecule has 2 amide bonds. The number of hydrogen-bond acceptors (Lipinski definition) is 5. The van der Waals surface area contributed by atoms with Gasteiger partial charge in [0.25, 0.3) is 11.8 Å². The summed E-state index contributed by atoms with van der Waals surface area (Å²) < 4.78 is 11.1. The molecule has 2 N–H and O–H groups in total. The lowest BCUT2D eigenvalue weighted by molar-refractivity contribution is -0.118. The summed E-state index contributed by atoms with van der Waals surface area (Å²) in [6.07, 6.45) is 1.43. The van der Waals surface area contributed by atoms with Crippen molar-refractivity contribution in [2.24, 2.45) is 0 Å². The lowest BCUT2D eigenvalue weighted by Gasteiger charge is -2.11. The molecule has 0 fully saturated rings. The molecule has 3 aromatic rings. The molecule has 0 bridgehead atoms. The first kappa shape index (κ1) is 24.1. The van der Waals surface area contributed by atoms with Crippen molar-refractivity contribution in [3.05, 3.63) is 89.5 Å². The highest BCUT2D eigenvalue weighted by Gasteiger charge is 2.12. The number of anilines is 2. The van der Waals surface area contributed by atoms with E-state index in [0.717, 1.165) is 5.56 Å². The first-order chi connectivity index (χ1) is 16.5. The van der Waals surface area contributed by atoms with Crippen LogP contribution in [0.2, 0.25) is 0 Å². The van der Waals surface area contributed by atoms with Crippen LogP contribution in [0.15, 0.2) is 78.4 Å². The summed E-state index contributed by atoms with van der Waals surface area (Å²) in [7, 11) is 0. The van der Waals surface area contributed by atoms with Gasteiger partial charge in [0.15, 0.2) is 6.61 Å². The number of hydrogen-bond donors (Lipinski definition) is 2. The minimum absolute atomic E-state index is 0.103. The molecule has 0 aliphatic heterocycles.